The lowest BCUT2D eigenvalue weighted by atomic mass is 9.91. The van der Waals surface area contributed by atoms with Crippen molar-refractivity contribution in [2.75, 3.05) is 6.61 Å². The summed E-state index contributed by atoms with van der Waals surface area (Å²) < 4.78 is 5.28. The van der Waals surface area contributed by atoms with Gasteiger partial charge in [-0.3, -0.25) is 4.79 Å². The quantitative estimate of drug-likeness (QED) is 0.754. The zero-order valence-corrected chi connectivity index (χ0v) is 9.36. The number of Topliss-reactive ketones (excluding diaryl/α,β-unsaturated/α-hetero) is 1. The second-order valence-corrected chi connectivity index (χ2v) is 4.41. The smallest absolute Gasteiger partial charge is 0.163 e. The largest absolute Gasteiger partial charge is 0.369 e. The van der Waals surface area contributed by atoms with E-state index in [1.165, 1.54) is 6.33 Å². The highest BCUT2D eigenvalue weighted by Gasteiger charge is 2.20. The molecule has 4 heteroatoms. The monoisotopic (exact) mass is 208 g/mol. The molecule has 0 fully saturated rings. The van der Waals surface area contributed by atoms with Gasteiger partial charge >= 0.3 is 0 Å². The fraction of sp³-hybridized carbons (Fsp3) is 0.545. The average Bonchev–Trinajstić information content (AvgIpc) is 2.18. The van der Waals surface area contributed by atoms with Crippen molar-refractivity contribution < 1.29 is 9.53 Å². The van der Waals surface area contributed by atoms with E-state index in [-0.39, 0.29) is 17.8 Å². The highest BCUT2D eigenvalue weighted by atomic mass is 16.5. The summed E-state index contributed by atoms with van der Waals surface area (Å²) in [6.45, 7) is 6.15. The van der Waals surface area contributed by atoms with Gasteiger partial charge in [0.15, 0.2) is 5.78 Å². The summed E-state index contributed by atoms with van der Waals surface area (Å²) in [4.78, 5) is 19.2. The number of carbonyl (C=O) groups is 1. The van der Waals surface area contributed by atoms with Crippen LogP contribution < -0.4 is 0 Å². The highest BCUT2D eigenvalue weighted by Crippen LogP contribution is 2.14. The lowest BCUT2D eigenvalue weighted by molar-refractivity contribution is -0.131. The van der Waals surface area contributed by atoms with Gasteiger partial charge in [0.25, 0.3) is 0 Å². The van der Waals surface area contributed by atoms with E-state index < -0.39 is 0 Å². The molecule has 1 aromatic heterocycles. The number of rotatable bonds is 4. The minimum absolute atomic E-state index is 0.0966. The second kappa shape index (κ2) is 4.98. The molecule has 0 aliphatic rings. The standard InChI is InChI=1S/C11H16N2O2/c1-11(2,3)10(14)7-15-6-9-4-12-8-13-5-9/h4-5,8H,6-7H2,1-3H3. The van der Waals surface area contributed by atoms with Gasteiger partial charge in [0.2, 0.25) is 0 Å². The summed E-state index contributed by atoms with van der Waals surface area (Å²) in [5.74, 6) is 0.0966. The van der Waals surface area contributed by atoms with Crippen molar-refractivity contribution in [2.45, 2.75) is 27.4 Å². The maximum absolute atomic E-state index is 11.5. The first-order valence-corrected chi connectivity index (χ1v) is 4.85. The number of aromatic nitrogens is 2. The molecule has 1 rings (SSSR count). The molecule has 0 unspecified atom stereocenters. The lowest BCUT2D eigenvalue weighted by Gasteiger charge is -2.16. The van der Waals surface area contributed by atoms with Crippen LogP contribution in [0.25, 0.3) is 0 Å². The first-order valence-electron chi connectivity index (χ1n) is 4.85. The van der Waals surface area contributed by atoms with Crippen LogP contribution in [0.2, 0.25) is 0 Å². The second-order valence-electron chi connectivity index (χ2n) is 4.41. The minimum Gasteiger partial charge on any atom is -0.369 e. The molecule has 0 saturated carbocycles. The van der Waals surface area contributed by atoms with E-state index in [4.69, 9.17) is 4.74 Å². The van der Waals surface area contributed by atoms with E-state index in [0.29, 0.717) is 6.61 Å². The summed E-state index contributed by atoms with van der Waals surface area (Å²) in [5.41, 5.74) is 0.534. The number of hydrogen-bond donors (Lipinski definition) is 0. The molecule has 1 heterocycles. The van der Waals surface area contributed by atoms with Gasteiger partial charge in [0.05, 0.1) is 6.61 Å². The van der Waals surface area contributed by atoms with Crippen LogP contribution in [0.15, 0.2) is 18.7 Å². The van der Waals surface area contributed by atoms with Crippen molar-refractivity contribution in [3.05, 3.63) is 24.3 Å². The molecule has 0 aromatic carbocycles. The van der Waals surface area contributed by atoms with Crippen LogP contribution in [0.4, 0.5) is 0 Å². The third-order valence-corrected chi connectivity index (χ3v) is 1.95. The van der Waals surface area contributed by atoms with E-state index in [2.05, 4.69) is 9.97 Å². The Hall–Kier alpha value is -1.29. The van der Waals surface area contributed by atoms with Crippen LogP contribution in [-0.2, 0) is 16.1 Å². The van der Waals surface area contributed by atoms with Crippen molar-refractivity contribution in [1.29, 1.82) is 0 Å². The first kappa shape index (κ1) is 11.8. The summed E-state index contributed by atoms with van der Waals surface area (Å²) in [6, 6.07) is 0. The molecule has 0 spiro atoms. The Labute approximate surface area is 89.7 Å². The third-order valence-electron chi connectivity index (χ3n) is 1.95. The van der Waals surface area contributed by atoms with E-state index in [9.17, 15) is 4.79 Å². The number of nitrogens with zero attached hydrogens (tertiary/aromatic N) is 2. The molecular weight excluding hydrogens is 192 g/mol. The van der Waals surface area contributed by atoms with Crippen molar-refractivity contribution in [3.8, 4) is 0 Å². The fourth-order valence-corrected chi connectivity index (χ4v) is 0.883. The molecule has 0 aliphatic carbocycles. The Bertz CT molecular complexity index is 317. The first-order chi connectivity index (χ1) is 7.00. The number of hydrogen-bond acceptors (Lipinski definition) is 4. The van der Waals surface area contributed by atoms with Gasteiger partial charge in [-0.25, -0.2) is 9.97 Å². The number of carbonyl (C=O) groups excluding carboxylic acids is 1. The Kier molecular flexibility index (Phi) is 3.91. The Balaban J connectivity index is 2.32. The van der Waals surface area contributed by atoms with Crippen molar-refractivity contribution in [2.24, 2.45) is 5.41 Å². The van der Waals surface area contributed by atoms with Crippen LogP contribution in [0.5, 0.6) is 0 Å². The molecule has 15 heavy (non-hydrogen) atoms. The Morgan fingerprint density at radius 1 is 1.33 bits per heavy atom. The van der Waals surface area contributed by atoms with Crippen LogP contribution in [0.3, 0.4) is 0 Å². The summed E-state index contributed by atoms with van der Waals surface area (Å²) >= 11 is 0. The van der Waals surface area contributed by atoms with E-state index in [1.807, 2.05) is 20.8 Å². The SMILES string of the molecule is CC(C)(C)C(=O)COCc1cncnc1. The molecule has 0 atom stereocenters. The molecule has 0 amide bonds. The lowest BCUT2D eigenvalue weighted by Crippen LogP contribution is -2.24. The van der Waals surface area contributed by atoms with Gasteiger partial charge in [-0.2, -0.15) is 0 Å². The maximum Gasteiger partial charge on any atom is 0.163 e. The maximum atomic E-state index is 11.5. The van der Waals surface area contributed by atoms with Crippen LogP contribution >= 0.6 is 0 Å². The normalized spacial score (nSPS) is 11.4. The minimum atomic E-state index is -0.340. The molecule has 0 aliphatic heterocycles. The molecule has 0 N–H and O–H groups in total. The van der Waals surface area contributed by atoms with Crippen LogP contribution in [0, 0.1) is 5.41 Å². The number of ketones is 1. The molecular formula is C11H16N2O2. The van der Waals surface area contributed by atoms with Crippen LogP contribution in [0.1, 0.15) is 26.3 Å². The zero-order chi connectivity index (χ0) is 11.3. The molecule has 0 radical (unpaired) electrons. The van der Waals surface area contributed by atoms with Gasteiger partial charge in [-0.15, -0.1) is 0 Å². The third kappa shape index (κ3) is 4.16. The van der Waals surface area contributed by atoms with Crippen molar-refractivity contribution in [1.82, 2.24) is 9.97 Å². The molecule has 82 valence electrons. The molecule has 1 aromatic rings. The summed E-state index contributed by atoms with van der Waals surface area (Å²) in [7, 11) is 0. The zero-order valence-electron chi connectivity index (χ0n) is 9.36. The Morgan fingerprint density at radius 3 is 2.47 bits per heavy atom. The van der Waals surface area contributed by atoms with E-state index >= 15 is 0 Å². The number of ether oxygens (including phenoxy) is 1. The van der Waals surface area contributed by atoms with Crippen LogP contribution in [-0.4, -0.2) is 22.4 Å². The fourth-order valence-electron chi connectivity index (χ4n) is 0.883. The van der Waals surface area contributed by atoms with Gasteiger partial charge < -0.3 is 4.74 Å². The van der Waals surface area contributed by atoms with Gasteiger partial charge in [-0.1, -0.05) is 20.8 Å². The van der Waals surface area contributed by atoms with E-state index in [0.717, 1.165) is 5.56 Å². The highest BCUT2D eigenvalue weighted by molar-refractivity contribution is 5.84. The van der Waals surface area contributed by atoms with Crippen molar-refractivity contribution in [3.63, 3.8) is 0 Å². The Morgan fingerprint density at radius 2 is 1.93 bits per heavy atom. The van der Waals surface area contributed by atoms with E-state index in [1.54, 1.807) is 12.4 Å². The van der Waals surface area contributed by atoms with Gasteiger partial charge in [-0.05, 0) is 0 Å². The predicted octanol–water partition coefficient (Wildman–Crippen LogP) is 1.61. The van der Waals surface area contributed by atoms with Gasteiger partial charge in [0.1, 0.15) is 12.9 Å². The molecule has 0 bridgehead atoms. The van der Waals surface area contributed by atoms with Crippen molar-refractivity contribution >= 4 is 5.78 Å². The average molecular weight is 208 g/mol. The molecule has 0 saturated heterocycles. The summed E-state index contributed by atoms with van der Waals surface area (Å²) in [6.07, 6.45) is 4.81. The predicted molar refractivity (Wildman–Crippen MR) is 56.2 cm³/mol. The van der Waals surface area contributed by atoms with Gasteiger partial charge in [0, 0.05) is 23.4 Å². The topological polar surface area (TPSA) is 52.1 Å². The molecule has 4 nitrogen and oxygen atoms in total. The summed E-state index contributed by atoms with van der Waals surface area (Å²) in [5, 5.41) is 0.